The number of fused-ring (bicyclic) bond motifs is 5. The summed E-state index contributed by atoms with van der Waals surface area (Å²) in [6.45, 7) is 2.24. The molecule has 1 heterocycles. The van der Waals surface area contributed by atoms with Gasteiger partial charge in [0, 0.05) is 12.1 Å². The number of rotatable bonds is 12. The molecule has 5 heteroatoms. The van der Waals surface area contributed by atoms with Gasteiger partial charge in [-0.15, -0.1) is 0 Å². The normalized spacial score (nSPS) is 25.6. The Bertz CT molecular complexity index is 830. The fraction of sp³-hybridized carbons (Fsp3) is 0.593. The molecule has 1 aliphatic heterocycles. The minimum Gasteiger partial charge on any atom is -0.326 e. The van der Waals surface area contributed by atoms with E-state index in [1.807, 2.05) is 0 Å². The molecule has 1 aromatic rings. The number of benzene rings is 1. The Morgan fingerprint density at radius 2 is 1.38 bits per heavy atom. The summed E-state index contributed by atoms with van der Waals surface area (Å²) in [5.74, 6) is -0.0669. The van der Waals surface area contributed by atoms with Gasteiger partial charge in [0.1, 0.15) is 0 Å². The third-order valence-corrected chi connectivity index (χ3v) is 7.39. The van der Waals surface area contributed by atoms with Crippen molar-refractivity contribution in [1.29, 1.82) is 0 Å². The zero-order valence-electron chi connectivity index (χ0n) is 19.2. The predicted molar refractivity (Wildman–Crippen MR) is 127 cm³/mol. The number of carbonyl (C=O) groups is 3. The van der Waals surface area contributed by atoms with Crippen LogP contribution in [-0.4, -0.2) is 17.7 Å². The predicted octanol–water partition coefficient (Wildman–Crippen LogP) is 5.86. The summed E-state index contributed by atoms with van der Waals surface area (Å²) < 4.78 is 0. The highest BCUT2D eigenvalue weighted by Gasteiger charge is 2.59. The summed E-state index contributed by atoms with van der Waals surface area (Å²) in [7, 11) is 0. The van der Waals surface area contributed by atoms with Crippen LogP contribution >= 0.6 is 0 Å². The van der Waals surface area contributed by atoms with E-state index in [2.05, 4.69) is 24.4 Å². The monoisotopic (exact) mass is 436 g/mol. The summed E-state index contributed by atoms with van der Waals surface area (Å²) in [5, 5.41) is 2.93. The van der Waals surface area contributed by atoms with Gasteiger partial charge in [0.2, 0.25) is 17.7 Å². The van der Waals surface area contributed by atoms with Gasteiger partial charge in [-0.1, -0.05) is 70.4 Å². The summed E-state index contributed by atoms with van der Waals surface area (Å²) in [6, 6.07) is 7.09. The molecule has 2 bridgehead atoms. The topological polar surface area (TPSA) is 66.5 Å². The van der Waals surface area contributed by atoms with Crippen molar-refractivity contribution in [3.05, 3.63) is 36.4 Å². The maximum absolute atomic E-state index is 12.9. The van der Waals surface area contributed by atoms with Crippen molar-refractivity contribution in [2.24, 2.45) is 23.7 Å². The van der Waals surface area contributed by atoms with Crippen molar-refractivity contribution in [3.63, 3.8) is 0 Å². The lowest BCUT2D eigenvalue weighted by atomic mass is 9.85. The molecule has 3 amide bonds. The van der Waals surface area contributed by atoms with Crippen LogP contribution in [0.3, 0.4) is 0 Å². The maximum Gasteiger partial charge on any atom is 0.238 e. The first-order valence-corrected chi connectivity index (χ1v) is 12.6. The van der Waals surface area contributed by atoms with E-state index in [0.717, 1.165) is 19.3 Å². The molecular weight excluding hydrogens is 400 g/mol. The maximum atomic E-state index is 12.9. The number of nitrogens with zero attached hydrogens (tertiary/aromatic N) is 1. The molecule has 5 nitrogen and oxygen atoms in total. The fourth-order valence-electron chi connectivity index (χ4n) is 5.67. The number of imide groups is 1. The molecule has 1 saturated carbocycles. The minimum absolute atomic E-state index is 0.0196. The Morgan fingerprint density at radius 3 is 1.94 bits per heavy atom. The third-order valence-electron chi connectivity index (χ3n) is 7.39. The molecular formula is C27H36N2O3. The highest BCUT2D eigenvalue weighted by atomic mass is 16.2. The van der Waals surface area contributed by atoms with Crippen molar-refractivity contribution >= 4 is 29.1 Å². The van der Waals surface area contributed by atoms with E-state index < -0.39 is 0 Å². The van der Waals surface area contributed by atoms with Crippen molar-refractivity contribution in [3.8, 4) is 0 Å². The minimum atomic E-state index is -0.187. The van der Waals surface area contributed by atoms with Crippen LogP contribution in [0.1, 0.15) is 77.6 Å². The largest absolute Gasteiger partial charge is 0.326 e. The van der Waals surface area contributed by atoms with E-state index >= 15 is 0 Å². The fourth-order valence-corrected chi connectivity index (χ4v) is 5.67. The van der Waals surface area contributed by atoms with Gasteiger partial charge in [-0.05, 0) is 48.9 Å². The second-order valence-electron chi connectivity index (χ2n) is 9.69. The van der Waals surface area contributed by atoms with Gasteiger partial charge in [-0.2, -0.15) is 0 Å². The number of hydrogen-bond donors (Lipinski definition) is 1. The average molecular weight is 437 g/mol. The van der Waals surface area contributed by atoms with Crippen molar-refractivity contribution in [1.82, 2.24) is 0 Å². The third kappa shape index (κ3) is 4.82. The van der Waals surface area contributed by atoms with Gasteiger partial charge in [-0.3, -0.25) is 19.3 Å². The van der Waals surface area contributed by atoms with E-state index in [9.17, 15) is 14.4 Å². The highest BCUT2D eigenvalue weighted by Crippen LogP contribution is 2.53. The van der Waals surface area contributed by atoms with Crippen molar-refractivity contribution < 1.29 is 14.4 Å². The Labute approximate surface area is 191 Å². The lowest BCUT2D eigenvalue weighted by molar-refractivity contribution is -0.123. The smallest absolute Gasteiger partial charge is 0.238 e. The summed E-state index contributed by atoms with van der Waals surface area (Å²) in [6.07, 6.45) is 16.7. The first-order valence-electron chi connectivity index (χ1n) is 12.6. The van der Waals surface area contributed by atoms with Gasteiger partial charge < -0.3 is 5.32 Å². The summed E-state index contributed by atoms with van der Waals surface area (Å²) >= 11 is 0. The summed E-state index contributed by atoms with van der Waals surface area (Å²) in [4.78, 5) is 39.4. The number of amides is 3. The number of unbranched alkanes of at least 4 members (excludes halogenated alkanes) is 8. The number of allylic oxidation sites excluding steroid dienone is 2. The molecule has 1 N–H and O–H groups in total. The molecule has 172 valence electrons. The molecule has 3 aliphatic rings. The molecule has 0 radical (unpaired) electrons. The lowest BCUT2D eigenvalue weighted by Crippen LogP contribution is -2.32. The Kier molecular flexibility index (Phi) is 7.44. The second-order valence-corrected chi connectivity index (χ2v) is 9.69. The molecule has 2 aliphatic carbocycles. The van der Waals surface area contributed by atoms with Crippen LogP contribution in [0.25, 0.3) is 0 Å². The number of anilines is 2. The zero-order valence-corrected chi connectivity index (χ0v) is 19.2. The van der Waals surface area contributed by atoms with Gasteiger partial charge in [0.25, 0.3) is 0 Å². The van der Waals surface area contributed by atoms with E-state index in [1.165, 1.54) is 49.8 Å². The Hall–Kier alpha value is -2.43. The number of hydrogen-bond acceptors (Lipinski definition) is 3. The SMILES string of the molecule is CCCCCCCCCCCC(=O)Nc1ccc(N2C(=O)[C@H]3[C@H](C2=O)[C@H]2C=C[C@H]3C2)cc1. The van der Waals surface area contributed by atoms with Crippen LogP contribution < -0.4 is 10.2 Å². The molecule has 0 aromatic heterocycles. The molecule has 4 atom stereocenters. The van der Waals surface area contributed by atoms with Crippen LogP contribution in [0, 0.1) is 23.7 Å². The van der Waals surface area contributed by atoms with Crippen LogP contribution in [0.5, 0.6) is 0 Å². The van der Waals surface area contributed by atoms with E-state index in [4.69, 9.17) is 0 Å². The first kappa shape index (κ1) is 22.8. The van der Waals surface area contributed by atoms with Crippen molar-refractivity contribution in [2.75, 3.05) is 10.2 Å². The molecule has 2 fully saturated rings. The molecule has 4 rings (SSSR count). The van der Waals surface area contributed by atoms with Crippen LogP contribution in [0.4, 0.5) is 11.4 Å². The highest BCUT2D eigenvalue weighted by molar-refractivity contribution is 6.22. The van der Waals surface area contributed by atoms with Crippen LogP contribution in [0.15, 0.2) is 36.4 Å². The molecule has 32 heavy (non-hydrogen) atoms. The molecule has 1 saturated heterocycles. The quantitative estimate of drug-likeness (QED) is 0.254. The Balaban J connectivity index is 1.19. The number of nitrogens with one attached hydrogen (secondary N) is 1. The standard InChI is InChI=1S/C27H36N2O3/c1-2-3-4-5-6-7-8-9-10-11-23(30)28-21-14-16-22(17-15-21)29-26(31)24-19-12-13-20(18-19)25(24)27(29)32/h12-17,19-20,24-25H,2-11,18H2,1H3,(H,28,30)/t19-,20-,24+,25+/m0/s1. The molecule has 1 aromatic carbocycles. The van der Waals surface area contributed by atoms with Crippen molar-refractivity contribution in [2.45, 2.75) is 77.6 Å². The molecule has 0 unspecified atom stereocenters. The van der Waals surface area contributed by atoms with Gasteiger partial charge >= 0.3 is 0 Å². The second kappa shape index (κ2) is 10.5. The van der Waals surface area contributed by atoms with Crippen LogP contribution in [-0.2, 0) is 14.4 Å². The Morgan fingerprint density at radius 1 is 0.844 bits per heavy atom. The lowest BCUT2D eigenvalue weighted by Gasteiger charge is -2.17. The number of carbonyl (C=O) groups excluding carboxylic acids is 3. The zero-order chi connectivity index (χ0) is 22.5. The first-order chi connectivity index (χ1) is 15.6. The van der Waals surface area contributed by atoms with E-state index in [1.54, 1.807) is 24.3 Å². The van der Waals surface area contributed by atoms with E-state index in [0.29, 0.717) is 17.8 Å². The average Bonchev–Trinajstić information content (AvgIpc) is 3.47. The van der Waals surface area contributed by atoms with Gasteiger partial charge in [0.05, 0.1) is 17.5 Å². The summed E-state index contributed by atoms with van der Waals surface area (Å²) in [5.41, 5.74) is 1.31. The van der Waals surface area contributed by atoms with Crippen LogP contribution in [0.2, 0.25) is 0 Å². The van der Waals surface area contributed by atoms with E-state index in [-0.39, 0.29) is 41.4 Å². The molecule has 0 spiro atoms. The van der Waals surface area contributed by atoms with Gasteiger partial charge in [-0.25, -0.2) is 0 Å². The van der Waals surface area contributed by atoms with Gasteiger partial charge in [0.15, 0.2) is 0 Å².